The molecule has 2 heterocycles. The quantitative estimate of drug-likeness (QED) is 0.921. The van der Waals surface area contributed by atoms with Gasteiger partial charge in [-0.1, -0.05) is 31.5 Å². The minimum absolute atomic E-state index is 0.0495. The Bertz CT molecular complexity index is 675. The van der Waals surface area contributed by atoms with Crippen molar-refractivity contribution >= 4 is 11.6 Å². The first-order chi connectivity index (χ1) is 11.3. The van der Waals surface area contributed by atoms with Gasteiger partial charge in [0, 0.05) is 43.6 Å². The second-order valence-electron chi connectivity index (χ2n) is 5.97. The molecule has 0 amide bonds. The summed E-state index contributed by atoms with van der Waals surface area (Å²) in [6, 6.07) is 12.1. The van der Waals surface area contributed by atoms with Crippen molar-refractivity contribution in [2.24, 2.45) is 0 Å². The highest BCUT2D eigenvalue weighted by Crippen LogP contribution is 2.17. The third-order valence-electron chi connectivity index (χ3n) is 4.27. The molecule has 0 unspecified atom stereocenters. The largest absolute Gasteiger partial charge is 0.368 e. The average molecular weight is 312 g/mol. The molecule has 0 bridgehead atoms. The lowest BCUT2D eigenvalue weighted by Crippen LogP contribution is -2.47. The zero-order valence-electron chi connectivity index (χ0n) is 13.7. The van der Waals surface area contributed by atoms with Crippen LogP contribution in [0.1, 0.15) is 25.5 Å². The zero-order valence-corrected chi connectivity index (χ0v) is 13.7. The zero-order chi connectivity index (χ0) is 16.1. The van der Waals surface area contributed by atoms with Gasteiger partial charge in [0.15, 0.2) is 0 Å². The highest BCUT2D eigenvalue weighted by Gasteiger charge is 2.19. The van der Waals surface area contributed by atoms with Crippen LogP contribution in [0.15, 0.2) is 41.2 Å². The number of unbranched alkanes of at least 4 members (excludes halogenated alkanes) is 1. The van der Waals surface area contributed by atoms with Gasteiger partial charge >= 0.3 is 0 Å². The summed E-state index contributed by atoms with van der Waals surface area (Å²) in [5.41, 5.74) is 2.10. The Morgan fingerprint density at radius 1 is 1.09 bits per heavy atom. The molecule has 1 aromatic heterocycles. The number of hydrogen-bond acceptors (Lipinski definition) is 4. The molecule has 0 saturated carbocycles. The van der Waals surface area contributed by atoms with E-state index in [1.54, 1.807) is 6.07 Å². The molecule has 0 radical (unpaired) electrons. The number of nitrogens with one attached hydrogen (secondary N) is 1. The van der Waals surface area contributed by atoms with Gasteiger partial charge in [-0.05, 0) is 25.0 Å². The summed E-state index contributed by atoms with van der Waals surface area (Å²) in [5.74, 6) is 0.719. The summed E-state index contributed by atoms with van der Waals surface area (Å²) >= 11 is 0. The summed E-state index contributed by atoms with van der Waals surface area (Å²) in [6.07, 6.45) is 3.05. The molecule has 1 N–H and O–H groups in total. The summed E-state index contributed by atoms with van der Waals surface area (Å²) in [4.78, 5) is 24.0. The summed E-state index contributed by atoms with van der Waals surface area (Å²) in [6.45, 7) is 5.76. The van der Waals surface area contributed by atoms with Crippen LogP contribution < -0.4 is 15.4 Å². The smallest absolute Gasteiger partial charge is 0.252 e. The number of aromatic nitrogens is 2. The predicted molar refractivity (Wildman–Crippen MR) is 94.3 cm³/mol. The Balaban J connectivity index is 1.67. The van der Waals surface area contributed by atoms with Crippen molar-refractivity contribution in [1.82, 2.24) is 9.97 Å². The van der Waals surface area contributed by atoms with Gasteiger partial charge in [0.25, 0.3) is 5.56 Å². The fourth-order valence-electron chi connectivity index (χ4n) is 2.94. The predicted octanol–water partition coefficient (Wildman–Crippen LogP) is 2.44. The van der Waals surface area contributed by atoms with Crippen molar-refractivity contribution in [2.75, 3.05) is 36.0 Å². The molecule has 2 aromatic rings. The molecule has 5 heteroatoms. The van der Waals surface area contributed by atoms with Crippen molar-refractivity contribution in [2.45, 2.75) is 26.2 Å². The minimum atomic E-state index is -0.0495. The summed E-state index contributed by atoms with van der Waals surface area (Å²) < 4.78 is 0. The van der Waals surface area contributed by atoms with Crippen LogP contribution in [-0.2, 0) is 6.42 Å². The number of piperazine rings is 1. The van der Waals surface area contributed by atoms with Crippen molar-refractivity contribution in [3.8, 4) is 0 Å². The molecule has 3 rings (SSSR count). The van der Waals surface area contributed by atoms with Crippen molar-refractivity contribution in [3.05, 3.63) is 52.4 Å². The fraction of sp³-hybridized carbons (Fsp3) is 0.444. The van der Waals surface area contributed by atoms with E-state index in [9.17, 15) is 4.79 Å². The van der Waals surface area contributed by atoms with Gasteiger partial charge in [0.2, 0.25) is 5.95 Å². The number of hydrogen-bond donors (Lipinski definition) is 1. The number of aromatic amines is 1. The van der Waals surface area contributed by atoms with Crippen molar-refractivity contribution in [1.29, 1.82) is 0 Å². The molecule has 1 aliphatic rings. The highest BCUT2D eigenvalue weighted by molar-refractivity contribution is 5.48. The number of rotatable bonds is 5. The first-order valence-corrected chi connectivity index (χ1v) is 8.41. The Kier molecular flexibility index (Phi) is 4.95. The Hall–Kier alpha value is -2.30. The highest BCUT2D eigenvalue weighted by atomic mass is 16.1. The molecule has 1 aliphatic heterocycles. The number of aryl methyl sites for hydroxylation is 1. The molecular formula is C18H24N4O. The van der Waals surface area contributed by atoms with E-state index in [4.69, 9.17) is 0 Å². The van der Waals surface area contributed by atoms with Gasteiger partial charge in [-0.25, -0.2) is 4.98 Å². The number of benzene rings is 1. The molecule has 1 aromatic carbocycles. The molecule has 5 nitrogen and oxygen atoms in total. The first-order valence-electron chi connectivity index (χ1n) is 8.41. The van der Waals surface area contributed by atoms with E-state index in [1.807, 2.05) is 6.07 Å². The number of nitrogens with zero attached hydrogens (tertiary/aromatic N) is 3. The standard InChI is InChI=1S/C18H24N4O/c1-2-3-7-15-14-17(23)20-18(19-15)22-12-10-21(11-13-22)16-8-5-4-6-9-16/h4-6,8-9,14H,2-3,7,10-13H2,1H3,(H,19,20,23). The van der Waals surface area contributed by atoms with Crippen LogP contribution in [0.5, 0.6) is 0 Å². The summed E-state index contributed by atoms with van der Waals surface area (Å²) in [7, 11) is 0. The van der Waals surface area contributed by atoms with Crippen LogP contribution in [0.25, 0.3) is 0 Å². The van der Waals surface area contributed by atoms with E-state index in [0.29, 0.717) is 0 Å². The van der Waals surface area contributed by atoms with Gasteiger partial charge in [-0.3, -0.25) is 9.78 Å². The van der Waals surface area contributed by atoms with Gasteiger partial charge in [-0.15, -0.1) is 0 Å². The molecule has 0 spiro atoms. The van der Waals surface area contributed by atoms with Crippen LogP contribution in [0, 0.1) is 0 Å². The van der Waals surface area contributed by atoms with Crippen LogP contribution in [-0.4, -0.2) is 36.1 Å². The van der Waals surface area contributed by atoms with Crippen LogP contribution in [0.4, 0.5) is 11.6 Å². The van der Waals surface area contributed by atoms with Gasteiger partial charge in [0.1, 0.15) is 0 Å². The van der Waals surface area contributed by atoms with Crippen molar-refractivity contribution < 1.29 is 0 Å². The van der Waals surface area contributed by atoms with Crippen molar-refractivity contribution in [3.63, 3.8) is 0 Å². The first kappa shape index (κ1) is 15.6. The van der Waals surface area contributed by atoms with Crippen LogP contribution >= 0.6 is 0 Å². The maximum atomic E-state index is 11.9. The normalized spacial score (nSPS) is 15.0. The van der Waals surface area contributed by atoms with Gasteiger partial charge in [-0.2, -0.15) is 0 Å². The third-order valence-corrected chi connectivity index (χ3v) is 4.27. The van der Waals surface area contributed by atoms with E-state index in [1.165, 1.54) is 5.69 Å². The molecule has 23 heavy (non-hydrogen) atoms. The maximum absolute atomic E-state index is 11.9. The van der Waals surface area contributed by atoms with E-state index in [2.05, 4.69) is 51.0 Å². The number of para-hydroxylation sites is 1. The van der Waals surface area contributed by atoms with Gasteiger partial charge < -0.3 is 9.80 Å². The van der Waals surface area contributed by atoms with Crippen LogP contribution in [0.2, 0.25) is 0 Å². The maximum Gasteiger partial charge on any atom is 0.252 e. The van der Waals surface area contributed by atoms with Crippen LogP contribution in [0.3, 0.4) is 0 Å². The monoisotopic (exact) mass is 312 g/mol. The van der Waals surface area contributed by atoms with E-state index in [0.717, 1.165) is 57.1 Å². The SMILES string of the molecule is CCCCc1cc(=O)[nH]c(N2CCN(c3ccccc3)CC2)n1. The average Bonchev–Trinajstić information content (AvgIpc) is 2.60. The Morgan fingerprint density at radius 2 is 1.78 bits per heavy atom. The second-order valence-corrected chi connectivity index (χ2v) is 5.97. The lowest BCUT2D eigenvalue weighted by atomic mass is 10.2. The lowest BCUT2D eigenvalue weighted by molar-refractivity contribution is 0.636. The molecule has 0 atom stereocenters. The van der Waals surface area contributed by atoms with E-state index >= 15 is 0 Å². The lowest BCUT2D eigenvalue weighted by Gasteiger charge is -2.36. The summed E-state index contributed by atoms with van der Waals surface area (Å²) in [5, 5.41) is 0. The Morgan fingerprint density at radius 3 is 2.48 bits per heavy atom. The molecule has 122 valence electrons. The van der Waals surface area contributed by atoms with E-state index in [-0.39, 0.29) is 5.56 Å². The minimum Gasteiger partial charge on any atom is -0.368 e. The van der Waals surface area contributed by atoms with E-state index < -0.39 is 0 Å². The molecule has 1 fully saturated rings. The second kappa shape index (κ2) is 7.31. The molecular weight excluding hydrogens is 288 g/mol. The fourth-order valence-corrected chi connectivity index (χ4v) is 2.94. The Labute approximate surface area is 137 Å². The van der Waals surface area contributed by atoms with Gasteiger partial charge in [0.05, 0.1) is 0 Å². The number of H-pyrrole nitrogens is 1. The third kappa shape index (κ3) is 3.92. The molecule has 1 saturated heterocycles. The topological polar surface area (TPSA) is 52.2 Å². The number of anilines is 2. The molecule has 0 aliphatic carbocycles.